The number of hydrogen-bond acceptors (Lipinski definition) is 4. The molecule has 0 bridgehead atoms. The zero-order valence-electron chi connectivity index (χ0n) is 15.4. The van der Waals surface area contributed by atoms with Gasteiger partial charge in [0.05, 0.1) is 6.07 Å². The monoisotopic (exact) mass is 407 g/mol. The van der Waals surface area contributed by atoms with E-state index >= 15 is 0 Å². The number of aromatic amines is 1. The zero-order valence-corrected chi connectivity index (χ0v) is 16.1. The topological polar surface area (TPSA) is 75.5 Å². The number of H-pyrrole nitrogens is 1. The Hall–Kier alpha value is -3.44. The third-order valence-corrected chi connectivity index (χ3v) is 4.88. The fraction of sp³-hybridized carbons (Fsp3) is 0.0870. The summed E-state index contributed by atoms with van der Waals surface area (Å²) < 4.78 is 10.9. The second-order valence-electron chi connectivity index (χ2n) is 6.65. The summed E-state index contributed by atoms with van der Waals surface area (Å²) in [4.78, 5) is 11.3. The molecule has 0 saturated heterocycles. The zero-order chi connectivity index (χ0) is 20.2. The van der Waals surface area contributed by atoms with E-state index in [1.807, 2.05) is 48.5 Å². The lowest BCUT2D eigenvalue weighted by molar-refractivity contribution is 0.304. The van der Waals surface area contributed by atoms with Crippen LogP contribution in [0.2, 0.25) is 5.02 Å². The van der Waals surface area contributed by atoms with Crippen LogP contribution < -0.4 is 10.3 Å². The average Bonchev–Trinajstić information content (AvgIpc) is 3.17. The molecule has 0 aliphatic rings. The van der Waals surface area contributed by atoms with Crippen LogP contribution in [0.1, 0.15) is 16.7 Å². The summed E-state index contributed by atoms with van der Waals surface area (Å²) in [5.41, 5.74) is 3.86. The third kappa shape index (κ3) is 4.52. The summed E-state index contributed by atoms with van der Waals surface area (Å²) in [6.45, 7) is 0.353. The molecule has 2 N–H and O–H groups in total. The second-order valence-corrected chi connectivity index (χ2v) is 7.03. The molecule has 1 aromatic heterocycles. The van der Waals surface area contributed by atoms with Gasteiger partial charge in [-0.25, -0.2) is 0 Å². The molecule has 0 radical (unpaired) electrons. The van der Waals surface area contributed by atoms with E-state index in [1.54, 1.807) is 12.1 Å². The van der Waals surface area contributed by atoms with Crippen molar-refractivity contribution in [2.24, 2.45) is 0 Å². The normalized spacial score (nSPS) is 10.8. The van der Waals surface area contributed by atoms with E-state index in [0.29, 0.717) is 18.1 Å². The lowest BCUT2D eigenvalue weighted by Crippen LogP contribution is -1.97. The molecule has 0 aliphatic carbocycles. The Labute approximate surface area is 172 Å². The minimum Gasteiger partial charge on any atom is -0.506 e. The number of halogens is 1. The van der Waals surface area contributed by atoms with Crippen LogP contribution >= 0.6 is 11.6 Å². The minimum atomic E-state index is -0.254. The van der Waals surface area contributed by atoms with Gasteiger partial charge in [-0.2, -0.15) is 5.16 Å². The second kappa shape index (κ2) is 8.29. The number of rotatable bonds is 6. The van der Waals surface area contributed by atoms with Crippen LogP contribution in [0.4, 0.5) is 0 Å². The van der Waals surface area contributed by atoms with E-state index in [-0.39, 0.29) is 16.3 Å². The van der Waals surface area contributed by atoms with Crippen LogP contribution in [-0.2, 0) is 13.0 Å². The first kappa shape index (κ1) is 18.9. The van der Waals surface area contributed by atoms with Crippen LogP contribution in [0.15, 0.2) is 82.1 Å². The number of benzene rings is 3. The largest absolute Gasteiger partial charge is 0.506 e. The summed E-state index contributed by atoms with van der Waals surface area (Å²) in [7, 11) is 0. The molecule has 1 heterocycles. The molecular formula is C23H18ClNO4. The fourth-order valence-corrected chi connectivity index (χ4v) is 3.20. The Morgan fingerprint density at radius 3 is 2.45 bits per heavy atom. The molecule has 29 heavy (non-hydrogen) atoms. The van der Waals surface area contributed by atoms with Crippen LogP contribution in [-0.4, -0.2) is 10.3 Å². The summed E-state index contributed by atoms with van der Waals surface area (Å²) in [5, 5.41) is 12.2. The molecule has 0 atom stereocenters. The summed E-state index contributed by atoms with van der Waals surface area (Å²) in [6, 6.07) is 22.3. The van der Waals surface area contributed by atoms with Gasteiger partial charge in [0, 0.05) is 5.56 Å². The maximum absolute atomic E-state index is 11.3. The standard InChI is InChI=1S/C23H18ClNO4/c24-23-19(26)5-2-6-20(23)28-14-16-9-7-15(8-10-16)11-17-3-1-4-18(12-17)21-13-22(27)25-29-21/h1-10,12-13,26H,11,14H2,(H,25,27). The highest BCUT2D eigenvalue weighted by atomic mass is 35.5. The van der Waals surface area contributed by atoms with Gasteiger partial charge >= 0.3 is 0 Å². The maximum Gasteiger partial charge on any atom is 0.280 e. The van der Waals surface area contributed by atoms with Crippen molar-refractivity contribution in [2.45, 2.75) is 13.0 Å². The van der Waals surface area contributed by atoms with E-state index in [9.17, 15) is 9.90 Å². The number of aromatic hydroxyl groups is 1. The fourth-order valence-electron chi connectivity index (χ4n) is 3.02. The Morgan fingerprint density at radius 2 is 1.69 bits per heavy atom. The van der Waals surface area contributed by atoms with Crippen LogP contribution in [0, 0.1) is 0 Å². The minimum absolute atomic E-state index is 0.000611. The van der Waals surface area contributed by atoms with Crippen LogP contribution in [0.3, 0.4) is 0 Å². The van der Waals surface area contributed by atoms with Crippen molar-refractivity contribution in [3.63, 3.8) is 0 Å². The number of phenols is 1. The molecule has 0 fully saturated rings. The van der Waals surface area contributed by atoms with Crippen molar-refractivity contribution in [1.82, 2.24) is 5.16 Å². The lowest BCUT2D eigenvalue weighted by Gasteiger charge is -2.10. The van der Waals surface area contributed by atoms with E-state index < -0.39 is 0 Å². The number of nitrogens with one attached hydrogen (secondary N) is 1. The van der Waals surface area contributed by atoms with Gasteiger partial charge in [0.2, 0.25) is 0 Å². The highest BCUT2D eigenvalue weighted by molar-refractivity contribution is 6.33. The van der Waals surface area contributed by atoms with Crippen LogP contribution in [0.5, 0.6) is 11.5 Å². The quantitative estimate of drug-likeness (QED) is 0.462. The van der Waals surface area contributed by atoms with Crippen molar-refractivity contribution in [3.8, 4) is 22.8 Å². The van der Waals surface area contributed by atoms with Gasteiger partial charge < -0.3 is 14.4 Å². The van der Waals surface area contributed by atoms with E-state index in [1.165, 1.54) is 12.1 Å². The van der Waals surface area contributed by atoms with E-state index in [2.05, 4.69) is 5.16 Å². The molecule has 3 aromatic carbocycles. The van der Waals surface area contributed by atoms with Gasteiger partial charge in [-0.1, -0.05) is 60.1 Å². The van der Waals surface area contributed by atoms with Gasteiger partial charge in [0.1, 0.15) is 23.1 Å². The summed E-state index contributed by atoms with van der Waals surface area (Å²) in [5.74, 6) is 0.972. The average molecular weight is 408 g/mol. The summed E-state index contributed by atoms with van der Waals surface area (Å²) in [6.07, 6.45) is 0.752. The van der Waals surface area contributed by atoms with Crippen molar-refractivity contribution >= 4 is 11.6 Å². The van der Waals surface area contributed by atoms with Crippen molar-refractivity contribution in [3.05, 3.63) is 105 Å². The predicted octanol–water partition coefficient (Wildman–Crippen LogP) is 5.16. The number of phenolic OH excluding ortho intramolecular Hbond substituents is 1. The molecule has 0 aliphatic heterocycles. The van der Waals surface area contributed by atoms with Crippen LogP contribution in [0.25, 0.3) is 11.3 Å². The first-order valence-electron chi connectivity index (χ1n) is 9.04. The van der Waals surface area contributed by atoms with Gasteiger partial charge in [-0.3, -0.25) is 4.79 Å². The predicted molar refractivity (Wildman–Crippen MR) is 111 cm³/mol. The molecule has 4 rings (SSSR count). The number of hydrogen-bond donors (Lipinski definition) is 2. The lowest BCUT2D eigenvalue weighted by atomic mass is 10.0. The molecule has 6 heteroatoms. The molecule has 0 spiro atoms. The van der Waals surface area contributed by atoms with E-state index in [4.69, 9.17) is 20.9 Å². The maximum atomic E-state index is 11.3. The highest BCUT2D eigenvalue weighted by Gasteiger charge is 2.07. The SMILES string of the molecule is O=c1cc(-c2cccc(Cc3ccc(COc4cccc(O)c4Cl)cc3)c2)o[nH]1. The van der Waals surface area contributed by atoms with Gasteiger partial charge in [0.25, 0.3) is 5.56 Å². The Bertz CT molecular complexity index is 1180. The highest BCUT2D eigenvalue weighted by Crippen LogP contribution is 2.33. The van der Waals surface area contributed by atoms with E-state index in [0.717, 1.165) is 28.7 Å². The number of aromatic nitrogens is 1. The van der Waals surface area contributed by atoms with Crippen molar-refractivity contribution in [2.75, 3.05) is 0 Å². The molecule has 0 saturated carbocycles. The first-order chi connectivity index (χ1) is 14.1. The van der Waals surface area contributed by atoms with Gasteiger partial charge in [-0.05, 0) is 41.3 Å². The number of ether oxygens (including phenoxy) is 1. The van der Waals surface area contributed by atoms with Crippen molar-refractivity contribution in [1.29, 1.82) is 0 Å². The summed E-state index contributed by atoms with van der Waals surface area (Å²) >= 11 is 6.03. The molecule has 0 amide bonds. The Morgan fingerprint density at radius 1 is 0.931 bits per heavy atom. The third-order valence-electron chi connectivity index (χ3n) is 4.50. The molecule has 5 nitrogen and oxygen atoms in total. The molecule has 146 valence electrons. The van der Waals surface area contributed by atoms with Gasteiger partial charge in [0.15, 0.2) is 5.76 Å². The molecule has 4 aromatic rings. The Kier molecular flexibility index (Phi) is 5.40. The molecular weight excluding hydrogens is 390 g/mol. The Balaban J connectivity index is 1.42. The first-order valence-corrected chi connectivity index (χ1v) is 9.42. The molecule has 0 unspecified atom stereocenters. The van der Waals surface area contributed by atoms with Gasteiger partial charge in [-0.15, -0.1) is 0 Å². The van der Waals surface area contributed by atoms with Crippen molar-refractivity contribution < 1.29 is 14.4 Å². The smallest absolute Gasteiger partial charge is 0.280 e.